The van der Waals surface area contributed by atoms with E-state index >= 15 is 0 Å². The fourth-order valence-corrected chi connectivity index (χ4v) is 2.81. The van der Waals surface area contributed by atoms with Crippen LogP contribution in [0.3, 0.4) is 0 Å². The molecule has 6 heteroatoms. The van der Waals surface area contributed by atoms with Gasteiger partial charge in [0.15, 0.2) is 10.9 Å². The molecule has 1 aromatic heterocycles. The summed E-state index contributed by atoms with van der Waals surface area (Å²) in [5.74, 6) is 0.334. The number of nitrogens with one attached hydrogen (secondary N) is 1. The molecule has 0 spiro atoms. The van der Waals surface area contributed by atoms with Gasteiger partial charge in [-0.2, -0.15) is 0 Å². The minimum atomic E-state index is -0.0576. The molecule has 0 bridgehead atoms. The molecule has 0 atom stereocenters. The number of carbonyl (C=O) groups is 1. The van der Waals surface area contributed by atoms with Crippen molar-refractivity contribution >= 4 is 23.2 Å². The van der Waals surface area contributed by atoms with Crippen molar-refractivity contribution in [3.05, 3.63) is 60.1 Å². The van der Waals surface area contributed by atoms with Crippen LogP contribution in [0.25, 0.3) is 0 Å². The van der Waals surface area contributed by atoms with Gasteiger partial charge in [-0.15, -0.1) is 0 Å². The van der Waals surface area contributed by atoms with Gasteiger partial charge in [0.25, 0.3) is 5.91 Å². The highest BCUT2D eigenvalue weighted by atomic mass is 32.1. The first-order valence-electron chi connectivity index (χ1n) is 7.63. The Labute approximate surface area is 140 Å². The van der Waals surface area contributed by atoms with Crippen LogP contribution in [-0.4, -0.2) is 47.0 Å². The van der Waals surface area contributed by atoms with Crippen molar-refractivity contribution < 1.29 is 9.21 Å². The molecule has 3 rings (SSSR count). The molecule has 1 fully saturated rings. The molecule has 1 aromatic carbocycles. The summed E-state index contributed by atoms with van der Waals surface area (Å²) in [6, 6.07) is 13.6. The molecule has 0 saturated carbocycles. The number of thiocarbonyl (C=S) groups is 1. The summed E-state index contributed by atoms with van der Waals surface area (Å²) >= 11 is 5.45. The summed E-state index contributed by atoms with van der Waals surface area (Å²) in [6.07, 6.45) is 1.52. The Morgan fingerprint density at radius 3 is 2.39 bits per heavy atom. The number of carbonyl (C=O) groups excluding carboxylic acids is 1. The SMILES string of the molecule is O=C(c1ccco1)N1CCN(C(=S)NCc2ccccc2)CC1. The van der Waals surface area contributed by atoms with Gasteiger partial charge in [0.2, 0.25) is 0 Å². The molecule has 1 aliphatic heterocycles. The zero-order valence-corrected chi connectivity index (χ0v) is 13.6. The fourth-order valence-electron chi connectivity index (χ4n) is 2.55. The maximum absolute atomic E-state index is 12.2. The Kier molecular flexibility index (Phi) is 4.92. The molecule has 2 aromatic rings. The van der Waals surface area contributed by atoms with Gasteiger partial charge in [-0.05, 0) is 29.9 Å². The van der Waals surface area contributed by atoms with E-state index in [1.54, 1.807) is 17.0 Å². The number of hydrogen-bond acceptors (Lipinski definition) is 3. The number of piperazine rings is 1. The Balaban J connectivity index is 1.47. The predicted molar refractivity (Wildman–Crippen MR) is 92.1 cm³/mol. The van der Waals surface area contributed by atoms with Crippen molar-refractivity contribution in [3.8, 4) is 0 Å². The highest BCUT2D eigenvalue weighted by molar-refractivity contribution is 7.80. The molecule has 0 aliphatic carbocycles. The molecule has 0 radical (unpaired) electrons. The van der Waals surface area contributed by atoms with Crippen molar-refractivity contribution in [1.29, 1.82) is 0 Å². The van der Waals surface area contributed by atoms with Crippen LogP contribution in [0.2, 0.25) is 0 Å². The minimum Gasteiger partial charge on any atom is -0.459 e. The molecule has 23 heavy (non-hydrogen) atoms. The van der Waals surface area contributed by atoms with Crippen LogP contribution in [0.4, 0.5) is 0 Å². The largest absolute Gasteiger partial charge is 0.459 e. The van der Waals surface area contributed by atoms with Gasteiger partial charge in [-0.25, -0.2) is 0 Å². The maximum atomic E-state index is 12.2. The number of rotatable bonds is 3. The van der Waals surface area contributed by atoms with Crippen molar-refractivity contribution in [2.45, 2.75) is 6.54 Å². The van der Waals surface area contributed by atoms with Gasteiger partial charge in [0, 0.05) is 32.7 Å². The van der Waals surface area contributed by atoms with E-state index in [4.69, 9.17) is 16.6 Å². The Morgan fingerprint density at radius 1 is 1.04 bits per heavy atom. The van der Waals surface area contributed by atoms with Crippen LogP contribution in [0.5, 0.6) is 0 Å². The zero-order chi connectivity index (χ0) is 16.1. The van der Waals surface area contributed by atoms with E-state index < -0.39 is 0 Å². The summed E-state index contributed by atoms with van der Waals surface area (Å²) in [4.78, 5) is 16.1. The molecule has 2 heterocycles. The lowest BCUT2D eigenvalue weighted by Gasteiger charge is -2.35. The molecule has 1 N–H and O–H groups in total. The lowest BCUT2D eigenvalue weighted by Crippen LogP contribution is -2.52. The lowest BCUT2D eigenvalue weighted by atomic mass is 10.2. The molecule has 1 aliphatic rings. The van der Waals surface area contributed by atoms with Gasteiger partial charge in [0.05, 0.1) is 6.26 Å². The van der Waals surface area contributed by atoms with Gasteiger partial charge in [-0.3, -0.25) is 4.79 Å². The summed E-state index contributed by atoms with van der Waals surface area (Å²) in [6.45, 7) is 3.46. The number of nitrogens with zero attached hydrogens (tertiary/aromatic N) is 2. The summed E-state index contributed by atoms with van der Waals surface area (Å²) in [5, 5.41) is 4.01. The Morgan fingerprint density at radius 2 is 1.74 bits per heavy atom. The second-order valence-electron chi connectivity index (χ2n) is 5.40. The Hall–Kier alpha value is -2.34. The third-order valence-electron chi connectivity index (χ3n) is 3.87. The van der Waals surface area contributed by atoms with E-state index in [2.05, 4.69) is 22.3 Å². The van der Waals surface area contributed by atoms with Crippen molar-refractivity contribution in [3.63, 3.8) is 0 Å². The van der Waals surface area contributed by atoms with E-state index in [9.17, 15) is 4.79 Å². The highest BCUT2D eigenvalue weighted by Crippen LogP contribution is 2.09. The van der Waals surface area contributed by atoms with E-state index in [0.717, 1.165) is 18.2 Å². The van der Waals surface area contributed by atoms with Crippen LogP contribution in [-0.2, 0) is 6.54 Å². The third kappa shape index (κ3) is 3.90. The standard InChI is InChI=1S/C17H19N3O2S/c21-16(15-7-4-12-22-15)19-8-10-20(11-9-19)17(23)18-13-14-5-2-1-3-6-14/h1-7,12H,8-11,13H2,(H,18,23). The molecular weight excluding hydrogens is 310 g/mol. The van der Waals surface area contributed by atoms with Crippen LogP contribution >= 0.6 is 12.2 Å². The number of hydrogen-bond donors (Lipinski definition) is 1. The van der Waals surface area contributed by atoms with Crippen molar-refractivity contribution in [1.82, 2.24) is 15.1 Å². The number of amides is 1. The average molecular weight is 329 g/mol. The third-order valence-corrected chi connectivity index (χ3v) is 4.28. The van der Waals surface area contributed by atoms with Crippen LogP contribution in [0.15, 0.2) is 53.1 Å². The van der Waals surface area contributed by atoms with Gasteiger partial charge in [0.1, 0.15) is 0 Å². The maximum Gasteiger partial charge on any atom is 0.289 e. The molecular formula is C17H19N3O2S. The highest BCUT2D eigenvalue weighted by Gasteiger charge is 2.24. The van der Waals surface area contributed by atoms with E-state index in [-0.39, 0.29) is 5.91 Å². The van der Waals surface area contributed by atoms with E-state index in [1.807, 2.05) is 18.2 Å². The van der Waals surface area contributed by atoms with Gasteiger partial charge < -0.3 is 19.5 Å². The normalized spacial score (nSPS) is 14.6. The summed E-state index contributed by atoms with van der Waals surface area (Å²) in [5.41, 5.74) is 1.20. The molecule has 120 valence electrons. The average Bonchev–Trinajstić information content (AvgIpc) is 3.15. The first-order chi connectivity index (χ1) is 11.2. The number of benzene rings is 1. The lowest BCUT2D eigenvalue weighted by molar-refractivity contribution is 0.0659. The Bertz CT molecular complexity index is 650. The molecule has 1 saturated heterocycles. The first kappa shape index (κ1) is 15.6. The van der Waals surface area contributed by atoms with Crippen molar-refractivity contribution in [2.75, 3.05) is 26.2 Å². The summed E-state index contributed by atoms with van der Waals surface area (Å²) in [7, 11) is 0. The van der Waals surface area contributed by atoms with E-state index in [0.29, 0.717) is 25.4 Å². The predicted octanol–water partition coefficient (Wildman–Crippen LogP) is 2.11. The van der Waals surface area contributed by atoms with Crippen molar-refractivity contribution in [2.24, 2.45) is 0 Å². The van der Waals surface area contributed by atoms with Gasteiger partial charge >= 0.3 is 0 Å². The van der Waals surface area contributed by atoms with Crippen LogP contribution in [0.1, 0.15) is 16.1 Å². The zero-order valence-electron chi connectivity index (χ0n) is 12.8. The molecule has 1 amide bonds. The van der Waals surface area contributed by atoms with Crippen LogP contribution in [0, 0.1) is 0 Å². The molecule has 0 unspecified atom stereocenters. The quantitative estimate of drug-likeness (QED) is 0.874. The first-order valence-corrected chi connectivity index (χ1v) is 8.04. The number of furan rings is 1. The summed E-state index contributed by atoms with van der Waals surface area (Å²) < 4.78 is 5.17. The smallest absolute Gasteiger partial charge is 0.289 e. The van der Waals surface area contributed by atoms with E-state index in [1.165, 1.54) is 11.8 Å². The molecule has 5 nitrogen and oxygen atoms in total. The van der Waals surface area contributed by atoms with Crippen LogP contribution < -0.4 is 5.32 Å². The topological polar surface area (TPSA) is 48.7 Å². The second-order valence-corrected chi connectivity index (χ2v) is 5.79. The second kappa shape index (κ2) is 7.28. The van der Waals surface area contributed by atoms with Gasteiger partial charge in [-0.1, -0.05) is 30.3 Å². The fraction of sp³-hybridized carbons (Fsp3) is 0.294. The monoisotopic (exact) mass is 329 g/mol. The minimum absolute atomic E-state index is 0.0576.